The summed E-state index contributed by atoms with van der Waals surface area (Å²) in [7, 11) is -2.90. The Bertz CT molecular complexity index is 613. The molecular formula is C13H19N3O3S. The predicted octanol–water partition coefficient (Wildman–Crippen LogP) is 0.445. The highest BCUT2D eigenvalue weighted by Gasteiger charge is 2.28. The van der Waals surface area contributed by atoms with Crippen LogP contribution in [0.15, 0.2) is 18.2 Å². The molecule has 1 fully saturated rings. The molecule has 7 heteroatoms. The summed E-state index contributed by atoms with van der Waals surface area (Å²) in [5, 5.41) is 2.80. The molecule has 0 bridgehead atoms. The fourth-order valence-corrected chi connectivity index (χ4v) is 4.24. The number of rotatable bonds is 4. The van der Waals surface area contributed by atoms with Gasteiger partial charge in [0.05, 0.1) is 11.5 Å². The molecule has 0 spiro atoms. The van der Waals surface area contributed by atoms with Crippen LogP contribution in [0.4, 0.5) is 5.69 Å². The third kappa shape index (κ3) is 3.49. The highest BCUT2D eigenvalue weighted by atomic mass is 32.2. The van der Waals surface area contributed by atoms with Crippen molar-refractivity contribution in [1.29, 1.82) is 0 Å². The van der Waals surface area contributed by atoms with E-state index in [1.54, 1.807) is 18.2 Å². The van der Waals surface area contributed by atoms with Gasteiger partial charge < -0.3 is 10.7 Å². The van der Waals surface area contributed by atoms with Gasteiger partial charge in [-0.15, -0.1) is 0 Å². The summed E-state index contributed by atoms with van der Waals surface area (Å²) >= 11 is 0. The molecule has 1 aromatic rings. The van der Waals surface area contributed by atoms with Gasteiger partial charge in [-0.2, -0.15) is 0 Å². The van der Waals surface area contributed by atoms with E-state index in [1.807, 2.05) is 6.92 Å². The van der Waals surface area contributed by atoms with E-state index < -0.39 is 9.84 Å². The zero-order valence-corrected chi connectivity index (χ0v) is 12.2. The fraction of sp³-hybridized carbons (Fsp3) is 0.462. The number of sulfone groups is 1. The third-order valence-corrected chi connectivity index (χ3v) is 5.35. The number of hydrogen-bond acceptors (Lipinski definition) is 5. The summed E-state index contributed by atoms with van der Waals surface area (Å²) in [6, 6.07) is 5.21. The summed E-state index contributed by atoms with van der Waals surface area (Å²) in [6.45, 7) is 2.23. The first kappa shape index (κ1) is 14.8. The average molecular weight is 297 g/mol. The quantitative estimate of drug-likeness (QED) is 0.553. The monoisotopic (exact) mass is 297 g/mol. The number of anilines is 1. The van der Waals surface area contributed by atoms with Crippen LogP contribution in [-0.4, -0.2) is 32.4 Å². The summed E-state index contributed by atoms with van der Waals surface area (Å²) in [6.07, 6.45) is 0.623. The molecule has 1 amide bonds. The molecular weight excluding hydrogens is 278 g/mol. The lowest BCUT2D eigenvalue weighted by atomic mass is 10.1. The maximum absolute atomic E-state index is 12.1. The Kier molecular flexibility index (Phi) is 4.29. The Morgan fingerprint density at radius 1 is 1.45 bits per heavy atom. The predicted molar refractivity (Wildman–Crippen MR) is 78.1 cm³/mol. The largest absolute Gasteiger partial charge is 0.352 e. The van der Waals surface area contributed by atoms with Gasteiger partial charge in [-0.25, -0.2) is 8.42 Å². The molecule has 1 atom stereocenters. The molecule has 1 unspecified atom stereocenters. The van der Waals surface area contributed by atoms with Crippen LogP contribution in [0.1, 0.15) is 22.3 Å². The molecule has 2 rings (SSSR count). The number of nitrogens with one attached hydrogen (secondary N) is 2. The summed E-state index contributed by atoms with van der Waals surface area (Å²) < 4.78 is 22.7. The zero-order valence-electron chi connectivity index (χ0n) is 11.3. The van der Waals surface area contributed by atoms with Crippen LogP contribution < -0.4 is 16.6 Å². The second kappa shape index (κ2) is 5.80. The molecule has 20 heavy (non-hydrogen) atoms. The molecule has 1 aliphatic heterocycles. The van der Waals surface area contributed by atoms with Crippen molar-refractivity contribution in [2.24, 2.45) is 11.8 Å². The molecule has 1 aliphatic rings. The lowest BCUT2D eigenvalue weighted by molar-refractivity contribution is 0.0948. The van der Waals surface area contributed by atoms with Gasteiger partial charge in [-0.05, 0) is 43.0 Å². The molecule has 6 nitrogen and oxygen atoms in total. The first-order valence-corrected chi connectivity index (χ1v) is 8.29. The van der Waals surface area contributed by atoms with Crippen molar-refractivity contribution in [3.8, 4) is 0 Å². The molecule has 1 saturated heterocycles. The Morgan fingerprint density at radius 2 is 2.20 bits per heavy atom. The van der Waals surface area contributed by atoms with Gasteiger partial charge in [0.15, 0.2) is 9.84 Å². The summed E-state index contributed by atoms with van der Waals surface area (Å²) in [4.78, 5) is 12.1. The van der Waals surface area contributed by atoms with Gasteiger partial charge in [0.25, 0.3) is 5.91 Å². The van der Waals surface area contributed by atoms with Gasteiger partial charge in [0.2, 0.25) is 0 Å². The van der Waals surface area contributed by atoms with Gasteiger partial charge in [0, 0.05) is 17.8 Å². The minimum atomic E-state index is -2.90. The van der Waals surface area contributed by atoms with Gasteiger partial charge >= 0.3 is 0 Å². The minimum Gasteiger partial charge on any atom is -0.352 e. The molecule has 1 heterocycles. The maximum Gasteiger partial charge on any atom is 0.251 e. The molecule has 0 saturated carbocycles. The summed E-state index contributed by atoms with van der Waals surface area (Å²) in [5.41, 5.74) is 4.65. The normalized spacial score (nSPS) is 20.6. The van der Waals surface area contributed by atoms with Crippen LogP contribution in [0.5, 0.6) is 0 Å². The first-order valence-electron chi connectivity index (χ1n) is 6.47. The number of carbonyl (C=O) groups is 1. The van der Waals surface area contributed by atoms with E-state index in [1.165, 1.54) is 0 Å². The molecule has 0 radical (unpaired) electrons. The van der Waals surface area contributed by atoms with Crippen molar-refractivity contribution in [2.45, 2.75) is 13.3 Å². The number of hydrogen-bond donors (Lipinski definition) is 3. The highest BCUT2D eigenvalue weighted by molar-refractivity contribution is 7.91. The minimum absolute atomic E-state index is 0.0224. The Balaban J connectivity index is 1.95. The fourth-order valence-electron chi connectivity index (χ4n) is 2.37. The number of hydrazine groups is 1. The van der Waals surface area contributed by atoms with Crippen LogP contribution in [0.3, 0.4) is 0 Å². The molecule has 0 aliphatic carbocycles. The average Bonchev–Trinajstić information content (AvgIpc) is 2.75. The van der Waals surface area contributed by atoms with Crippen LogP contribution in [0.2, 0.25) is 0 Å². The topological polar surface area (TPSA) is 101 Å². The number of aryl methyl sites for hydroxylation is 1. The van der Waals surface area contributed by atoms with E-state index in [0.29, 0.717) is 18.5 Å². The van der Waals surface area contributed by atoms with Gasteiger partial charge in [-0.1, -0.05) is 0 Å². The number of nitrogens with two attached hydrogens (primary N) is 1. The number of amides is 1. The van der Waals surface area contributed by atoms with Gasteiger partial charge in [0.1, 0.15) is 0 Å². The van der Waals surface area contributed by atoms with Gasteiger partial charge in [-0.3, -0.25) is 10.6 Å². The van der Waals surface area contributed by atoms with Crippen molar-refractivity contribution in [1.82, 2.24) is 5.32 Å². The standard InChI is InChI=1S/C13H19N3O3S/c1-9-6-11(16-14)2-3-12(9)13(17)15-7-10-4-5-20(18,19)8-10/h2-3,6,10,16H,4-5,7-8,14H2,1H3,(H,15,17). The van der Waals surface area contributed by atoms with Crippen LogP contribution in [-0.2, 0) is 9.84 Å². The Hall–Kier alpha value is -1.60. The van der Waals surface area contributed by atoms with E-state index >= 15 is 0 Å². The maximum atomic E-state index is 12.1. The van der Waals surface area contributed by atoms with E-state index in [4.69, 9.17) is 5.84 Å². The van der Waals surface area contributed by atoms with Crippen molar-refractivity contribution in [3.05, 3.63) is 29.3 Å². The van der Waals surface area contributed by atoms with Crippen molar-refractivity contribution >= 4 is 21.4 Å². The lowest BCUT2D eigenvalue weighted by Crippen LogP contribution is -2.30. The van der Waals surface area contributed by atoms with Crippen molar-refractivity contribution < 1.29 is 13.2 Å². The number of benzene rings is 1. The van der Waals surface area contributed by atoms with Crippen LogP contribution in [0, 0.1) is 12.8 Å². The van der Waals surface area contributed by atoms with Crippen molar-refractivity contribution in [2.75, 3.05) is 23.5 Å². The smallest absolute Gasteiger partial charge is 0.251 e. The molecule has 0 aromatic heterocycles. The van der Waals surface area contributed by atoms with Crippen LogP contribution in [0.25, 0.3) is 0 Å². The first-order chi connectivity index (χ1) is 9.41. The summed E-state index contributed by atoms with van der Waals surface area (Å²) in [5.74, 6) is 5.54. The van der Waals surface area contributed by atoms with E-state index in [-0.39, 0.29) is 23.3 Å². The zero-order chi connectivity index (χ0) is 14.8. The number of carbonyl (C=O) groups excluding carboxylic acids is 1. The van der Waals surface area contributed by atoms with Crippen LogP contribution >= 0.6 is 0 Å². The highest BCUT2D eigenvalue weighted by Crippen LogP contribution is 2.18. The SMILES string of the molecule is Cc1cc(NN)ccc1C(=O)NCC1CCS(=O)(=O)C1. The third-order valence-electron chi connectivity index (χ3n) is 3.52. The second-order valence-corrected chi connectivity index (χ2v) is 7.38. The van der Waals surface area contributed by atoms with E-state index in [9.17, 15) is 13.2 Å². The molecule has 1 aromatic carbocycles. The lowest BCUT2D eigenvalue weighted by Gasteiger charge is -2.12. The second-order valence-electron chi connectivity index (χ2n) is 5.15. The Morgan fingerprint density at radius 3 is 2.75 bits per heavy atom. The number of nitrogen functional groups attached to an aromatic ring is 1. The molecule has 4 N–H and O–H groups in total. The van der Waals surface area contributed by atoms with E-state index in [2.05, 4.69) is 10.7 Å². The molecule has 110 valence electrons. The van der Waals surface area contributed by atoms with E-state index in [0.717, 1.165) is 11.3 Å². The van der Waals surface area contributed by atoms with Crippen molar-refractivity contribution in [3.63, 3.8) is 0 Å². The Labute approximate surface area is 118 Å².